The van der Waals surface area contributed by atoms with Crippen molar-refractivity contribution in [3.63, 3.8) is 0 Å². The lowest BCUT2D eigenvalue weighted by atomic mass is 10.0. The molecule has 0 bridgehead atoms. The molecule has 27 nitrogen and oxygen atoms in total. The molecule has 0 spiro atoms. The van der Waals surface area contributed by atoms with Crippen LogP contribution < -0.4 is 65.5 Å². The Kier molecular flexibility index (Phi) is 22.7. The van der Waals surface area contributed by atoms with Crippen LogP contribution in [0.1, 0.15) is 75.1 Å². The Balaban J connectivity index is 1.54. The monoisotopic (exact) mass is 1070 g/mol. The molecule has 1 fully saturated rings. The Labute approximate surface area is 443 Å². The Hall–Kier alpha value is -9.04. The van der Waals surface area contributed by atoms with Crippen LogP contribution in [0.5, 0.6) is 0 Å². The van der Waals surface area contributed by atoms with Crippen LogP contribution >= 0.6 is 0 Å². The molecule has 1 aliphatic heterocycles. The molecule has 414 valence electrons. The van der Waals surface area contributed by atoms with Gasteiger partial charge in [-0.25, -0.2) is 9.78 Å². The molecule has 0 aliphatic carbocycles. The van der Waals surface area contributed by atoms with E-state index in [-0.39, 0.29) is 102 Å². The maximum Gasteiger partial charge on any atom is 0.326 e. The van der Waals surface area contributed by atoms with Gasteiger partial charge in [0.2, 0.25) is 47.3 Å². The summed E-state index contributed by atoms with van der Waals surface area (Å²) in [7, 11) is 0. The standard InChI is InChI=1S/C50H69N17O10/c1-28(68)61-34(14-7-20-57-49(51)52)42(70)63-36-17-18-41(69)56-19-9-16-37(48(76)77)64-46(74)39(23-30-25-59-33-13-6-5-12-32(30)33)66-43(71)35(15-8-21-58-50(53)54)62-45(73)38(22-29-10-3-2-4-11-29)65-47(75)40(67-44(36)72)24-31-26-55-27-60-31/h2-6,10-13,25-27,34-40,59H,7-9,14-24H2,1H3,(H,55,60)(H,56,69)(H,61,68)(H,62,73)(H,63,70)(H,64,74)(H,65,75)(H,66,71)(H,67,72)(H,76,77)(H4,51,52,57)(H4,53,54,58)/t34-,35+,36+,37+,38-,39+,40+/m0/s1. The van der Waals surface area contributed by atoms with Crippen molar-refractivity contribution in [3.8, 4) is 0 Å². The third-order valence-electron chi connectivity index (χ3n) is 12.4. The van der Waals surface area contributed by atoms with Crippen molar-refractivity contribution < 1.29 is 48.3 Å². The van der Waals surface area contributed by atoms with Crippen molar-refractivity contribution >= 4 is 76.0 Å². The number of aliphatic carboxylic acids is 1. The highest BCUT2D eigenvalue weighted by atomic mass is 16.4. The summed E-state index contributed by atoms with van der Waals surface area (Å²) in [5, 5.41) is 32.3. The second-order valence-electron chi connectivity index (χ2n) is 18.4. The summed E-state index contributed by atoms with van der Waals surface area (Å²) in [6, 6.07) is 5.95. The highest BCUT2D eigenvalue weighted by molar-refractivity contribution is 5.98. The van der Waals surface area contributed by atoms with Crippen molar-refractivity contribution in [2.45, 2.75) is 120 Å². The number of nitrogens with one attached hydrogen (secondary N) is 10. The normalized spacial score (nSPS) is 20.8. The zero-order valence-electron chi connectivity index (χ0n) is 42.6. The summed E-state index contributed by atoms with van der Waals surface area (Å²) in [6.45, 7) is 1.27. The Morgan fingerprint density at radius 2 is 1.34 bits per heavy atom. The Morgan fingerprint density at radius 3 is 2.00 bits per heavy atom. The smallest absolute Gasteiger partial charge is 0.326 e. The van der Waals surface area contributed by atoms with Gasteiger partial charge in [0.05, 0.1) is 6.33 Å². The first-order chi connectivity index (χ1) is 36.9. The van der Waals surface area contributed by atoms with E-state index >= 15 is 0 Å². The van der Waals surface area contributed by atoms with E-state index in [1.807, 2.05) is 18.2 Å². The molecule has 0 unspecified atom stereocenters. The largest absolute Gasteiger partial charge is 0.480 e. The Bertz CT molecular complexity index is 2720. The van der Waals surface area contributed by atoms with Crippen molar-refractivity contribution in [2.24, 2.45) is 32.9 Å². The fourth-order valence-corrected chi connectivity index (χ4v) is 8.46. The minimum Gasteiger partial charge on any atom is -0.480 e. The van der Waals surface area contributed by atoms with Gasteiger partial charge >= 0.3 is 5.97 Å². The summed E-state index contributed by atoms with van der Waals surface area (Å²) in [4.78, 5) is 143. The first-order valence-electron chi connectivity index (χ1n) is 25.1. The molecule has 19 N–H and O–H groups in total. The Morgan fingerprint density at radius 1 is 0.727 bits per heavy atom. The number of carboxylic acid groups (broad SMARTS) is 1. The molecule has 8 amide bonds. The number of H-pyrrole nitrogens is 2. The number of carboxylic acids is 1. The average molecular weight is 1070 g/mol. The van der Waals surface area contributed by atoms with Gasteiger partial charge in [0, 0.05) is 81.2 Å². The quantitative estimate of drug-likeness (QED) is 0.0272. The lowest BCUT2D eigenvalue weighted by molar-refractivity contribution is -0.142. The van der Waals surface area contributed by atoms with E-state index in [2.05, 4.69) is 67.5 Å². The molecule has 77 heavy (non-hydrogen) atoms. The summed E-state index contributed by atoms with van der Waals surface area (Å²) in [6.07, 6.45) is 3.45. The molecule has 0 saturated carbocycles. The number of hydrogen-bond donors (Lipinski definition) is 15. The van der Waals surface area contributed by atoms with Crippen LogP contribution in [0.2, 0.25) is 0 Å². The summed E-state index contributed by atoms with van der Waals surface area (Å²) < 4.78 is 0. The van der Waals surface area contributed by atoms with Crippen LogP contribution in [-0.4, -0.2) is 147 Å². The SMILES string of the molecule is CC(=O)N[C@@H](CCCN=C(N)N)C(=O)N[C@@H]1CCC(=O)NCCC[C@H](C(=O)O)NC(=O)[C@@H](Cc2c[nH]c3ccccc23)NC(=O)[C@@H](CCCN=C(N)N)NC(=O)[C@H](Cc2ccccc2)NC(=O)[C@@H](Cc2cnc[nH]2)NC1=O. The van der Waals surface area contributed by atoms with Crippen molar-refractivity contribution in [1.82, 2.24) is 57.5 Å². The summed E-state index contributed by atoms with van der Waals surface area (Å²) in [5.74, 6) is -8.11. The number of carbonyl (C=O) groups excluding carboxylic acids is 8. The van der Waals surface area contributed by atoms with Crippen LogP contribution in [0.3, 0.4) is 0 Å². The first-order valence-corrected chi connectivity index (χ1v) is 25.1. The minimum absolute atomic E-state index is 0.0358. The van der Waals surface area contributed by atoms with Gasteiger partial charge in [-0.2, -0.15) is 0 Å². The molecule has 0 radical (unpaired) electrons. The molecular weight excluding hydrogens is 999 g/mol. The van der Waals surface area contributed by atoms with Crippen molar-refractivity contribution in [3.05, 3.63) is 90.1 Å². The number of fused-ring (bicyclic) bond motifs is 1. The number of aliphatic imine (C=N–C) groups is 2. The van der Waals surface area contributed by atoms with Crippen LogP contribution in [-0.2, 0) is 62.4 Å². The molecular formula is C50H69N17O10. The number of rotatable bonds is 18. The highest BCUT2D eigenvalue weighted by Gasteiger charge is 2.35. The number of imidazole rings is 1. The minimum atomic E-state index is -1.51. The van der Waals surface area contributed by atoms with Gasteiger partial charge < -0.3 is 80.5 Å². The van der Waals surface area contributed by atoms with E-state index in [0.717, 1.165) is 10.9 Å². The third kappa shape index (κ3) is 19.6. The first kappa shape index (κ1) is 58.8. The lowest BCUT2D eigenvalue weighted by Crippen LogP contribution is -2.60. The molecule has 2 aromatic carbocycles. The van der Waals surface area contributed by atoms with E-state index in [0.29, 0.717) is 16.8 Å². The number of aromatic amines is 2. The number of benzene rings is 2. The predicted octanol–water partition coefficient (Wildman–Crippen LogP) is -2.79. The van der Waals surface area contributed by atoms with E-state index in [9.17, 15) is 48.3 Å². The second kappa shape index (κ2) is 29.7. The van der Waals surface area contributed by atoms with Gasteiger partial charge in [0.1, 0.15) is 42.3 Å². The fraction of sp³-hybridized carbons (Fsp3) is 0.440. The molecule has 4 aromatic rings. The molecule has 5 rings (SSSR count). The summed E-state index contributed by atoms with van der Waals surface area (Å²) in [5.41, 5.74) is 24.4. The molecule has 1 saturated heterocycles. The maximum atomic E-state index is 14.7. The average Bonchev–Trinajstić information content (AvgIpc) is 4.06. The third-order valence-corrected chi connectivity index (χ3v) is 12.4. The number of hydrogen-bond acceptors (Lipinski definition) is 12. The number of amides is 8. The number of guanidine groups is 2. The van der Waals surface area contributed by atoms with E-state index in [1.54, 1.807) is 42.6 Å². The molecule has 2 aromatic heterocycles. The van der Waals surface area contributed by atoms with Gasteiger partial charge in [-0.1, -0.05) is 48.5 Å². The van der Waals surface area contributed by atoms with Gasteiger partial charge in [-0.05, 0) is 62.1 Å². The number of nitrogens with zero attached hydrogens (tertiary/aromatic N) is 3. The number of para-hydroxylation sites is 1. The number of nitrogens with two attached hydrogens (primary N) is 4. The zero-order valence-corrected chi connectivity index (χ0v) is 42.6. The second-order valence-corrected chi connectivity index (χ2v) is 18.4. The number of aromatic nitrogens is 3. The molecule has 27 heteroatoms. The van der Waals surface area contributed by atoms with Crippen molar-refractivity contribution in [1.29, 1.82) is 0 Å². The fourth-order valence-electron chi connectivity index (χ4n) is 8.46. The van der Waals surface area contributed by atoms with Crippen LogP contribution in [0.15, 0.2) is 83.3 Å². The van der Waals surface area contributed by atoms with Gasteiger partial charge in [-0.15, -0.1) is 0 Å². The zero-order chi connectivity index (χ0) is 55.9. The van der Waals surface area contributed by atoms with Gasteiger partial charge in [-0.3, -0.25) is 48.3 Å². The number of carbonyl (C=O) groups is 9. The van der Waals surface area contributed by atoms with Crippen LogP contribution in [0.25, 0.3) is 10.9 Å². The van der Waals surface area contributed by atoms with E-state index < -0.39 is 95.5 Å². The summed E-state index contributed by atoms with van der Waals surface area (Å²) >= 11 is 0. The lowest BCUT2D eigenvalue weighted by Gasteiger charge is -2.28. The van der Waals surface area contributed by atoms with Crippen molar-refractivity contribution in [2.75, 3.05) is 19.6 Å². The highest BCUT2D eigenvalue weighted by Crippen LogP contribution is 2.20. The van der Waals surface area contributed by atoms with Crippen LogP contribution in [0.4, 0.5) is 0 Å². The molecule has 7 atom stereocenters. The van der Waals surface area contributed by atoms with E-state index in [4.69, 9.17) is 22.9 Å². The predicted molar refractivity (Wildman–Crippen MR) is 283 cm³/mol. The molecule has 1 aliphatic rings. The van der Waals surface area contributed by atoms with E-state index in [1.165, 1.54) is 19.4 Å². The molecule has 3 heterocycles. The van der Waals surface area contributed by atoms with Gasteiger partial charge in [0.15, 0.2) is 11.9 Å². The van der Waals surface area contributed by atoms with Crippen LogP contribution in [0, 0.1) is 0 Å². The maximum absolute atomic E-state index is 14.7. The topological polar surface area (TPSA) is 443 Å². The van der Waals surface area contributed by atoms with Gasteiger partial charge in [0.25, 0.3) is 0 Å².